The Morgan fingerprint density at radius 1 is 1.05 bits per heavy atom. The molecule has 1 atom stereocenters. The molecular weight excluding hydrogens is 257 g/mol. The molecule has 0 aliphatic rings. The van der Waals surface area contributed by atoms with Crippen molar-refractivity contribution in [1.29, 1.82) is 0 Å². The first-order chi connectivity index (χ1) is 9.65. The van der Waals surface area contributed by atoms with E-state index in [0.717, 1.165) is 5.56 Å². The van der Waals surface area contributed by atoms with Crippen LogP contribution in [0.1, 0.15) is 12.0 Å². The van der Waals surface area contributed by atoms with E-state index in [1.165, 1.54) is 6.07 Å². The summed E-state index contributed by atoms with van der Waals surface area (Å²) in [6.07, 6.45) is 0.391. The first-order valence-electron chi connectivity index (χ1n) is 6.48. The van der Waals surface area contributed by atoms with Crippen LogP contribution in [0.3, 0.4) is 0 Å². The van der Waals surface area contributed by atoms with E-state index in [-0.39, 0.29) is 19.0 Å². The summed E-state index contributed by atoms with van der Waals surface area (Å²) in [4.78, 5) is 0. The van der Waals surface area contributed by atoms with Gasteiger partial charge in [-0.25, -0.2) is 4.39 Å². The van der Waals surface area contributed by atoms with Crippen LogP contribution in [0.2, 0.25) is 0 Å². The van der Waals surface area contributed by atoms with Crippen molar-refractivity contribution in [2.45, 2.75) is 12.0 Å². The van der Waals surface area contributed by atoms with Gasteiger partial charge in [-0.3, -0.25) is 0 Å². The number of nitrogens with two attached hydrogens (primary N) is 1. The van der Waals surface area contributed by atoms with Gasteiger partial charge in [0, 0.05) is 6.42 Å². The number of rotatable bonds is 6. The molecule has 3 nitrogen and oxygen atoms in total. The third kappa shape index (κ3) is 3.35. The molecule has 20 heavy (non-hydrogen) atoms. The molecule has 0 heterocycles. The summed E-state index contributed by atoms with van der Waals surface area (Å²) in [5.41, 5.74) is 6.15. The van der Waals surface area contributed by atoms with Crippen LogP contribution in [0.15, 0.2) is 54.6 Å². The van der Waals surface area contributed by atoms with Gasteiger partial charge in [0.15, 0.2) is 11.6 Å². The lowest BCUT2D eigenvalue weighted by molar-refractivity contribution is 0.161. The first-order valence-corrected chi connectivity index (χ1v) is 6.48. The second kappa shape index (κ2) is 6.50. The lowest BCUT2D eigenvalue weighted by Crippen LogP contribution is -2.41. The summed E-state index contributed by atoms with van der Waals surface area (Å²) in [5.74, 6) is -0.209. The van der Waals surface area contributed by atoms with Gasteiger partial charge in [-0.1, -0.05) is 42.5 Å². The van der Waals surface area contributed by atoms with Crippen molar-refractivity contribution in [2.75, 3.05) is 13.2 Å². The fraction of sp³-hybridized carbons (Fsp3) is 0.250. The van der Waals surface area contributed by atoms with Gasteiger partial charge in [-0.15, -0.1) is 0 Å². The molecule has 0 aliphatic heterocycles. The molecular formula is C16H18FNO2. The summed E-state index contributed by atoms with van der Waals surface area (Å²) >= 11 is 0. The van der Waals surface area contributed by atoms with Crippen molar-refractivity contribution in [3.8, 4) is 5.75 Å². The molecule has 2 aromatic carbocycles. The third-order valence-electron chi connectivity index (χ3n) is 3.27. The highest BCUT2D eigenvalue weighted by molar-refractivity contribution is 5.25. The van der Waals surface area contributed by atoms with E-state index in [0.29, 0.717) is 6.42 Å². The van der Waals surface area contributed by atoms with Crippen molar-refractivity contribution in [1.82, 2.24) is 0 Å². The molecule has 1 unspecified atom stereocenters. The van der Waals surface area contributed by atoms with Crippen molar-refractivity contribution < 1.29 is 14.2 Å². The number of hydrogen-bond acceptors (Lipinski definition) is 3. The number of hydrogen-bond donors (Lipinski definition) is 2. The van der Waals surface area contributed by atoms with E-state index in [1.807, 2.05) is 30.3 Å². The number of ether oxygens (including phenoxy) is 1. The summed E-state index contributed by atoms with van der Waals surface area (Å²) in [5, 5.41) is 9.54. The predicted molar refractivity (Wildman–Crippen MR) is 75.9 cm³/mol. The van der Waals surface area contributed by atoms with Gasteiger partial charge in [0.1, 0.15) is 0 Å². The van der Waals surface area contributed by atoms with Crippen LogP contribution >= 0.6 is 0 Å². The SMILES string of the molecule is NC(CO)(CCOc1ccccc1F)c1ccccc1. The summed E-state index contributed by atoms with van der Waals surface area (Å²) in [6, 6.07) is 15.6. The van der Waals surface area contributed by atoms with Gasteiger partial charge in [0.05, 0.1) is 18.8 Å². The number of benzene rings is 2. The standard InChI is InChI=1S/C16H18FNO2/c17-14-8-4-5-9-15(14)20-11-10-16(18,12-19)13-6-2-1-3-7-13/h1-9,19H,10-12,18H2. The molecule has 106 valence electrons. The molecule has 0 amide bonds. The highest BCUT2D eigenvalue weighted by Crippen LogP contribution is 2.23. The Balaban J connectivity index is 2.00. The second-order valence-electron chi connectivity index (χ2n) is 4.71. The zero-order valence-electron chi connectivity index (χ0n) is 11.1. The quantitative estimate of drug-likeness (QED) is 0.851. The zero-order chi connectivity index (χ0) is 14.4. The Kier molecular flexibility index (Phi) is 4.71. The molecule has 0 saturated heterocycles. The largest absolute Gasteiger partial charge is 0.490 e. The maximum atomic E-state index is 13.4. The molecule has 2 aromatic rings. The van der Waals surface area contributed by atoms with Crippen LogP contribution < -0.4 is 10.5 Å². The number of aliphatic hydroxyl groups excluding tert-OH is 1. The number of para-hydroxylation sites is 1. The summed E-state index contributed by atoms with van der Waals surface area (Å²) in [6.45, 7) is 0.0323. The lowest BCUT2D eigenvalue weighted by atomic mass is 9.89. The smallest absolute Gasteiger partial charge is 0.165 e. The fourth-order valence-corrected chi connectivity index (χ4v) is 1.99. The highest BCUT2D eigenvalue weighted by atomic mass is 19.1. The third-order valence-corrected chi connectivity index (χ3v) is 3.27. The van der Waals surface area contributed by atoms with E-state index in [2.05, 4.69) is 0 Å². The average molecular weight is 275 g/mol. The Bertz CT molecular complexity index is 547. The van der Waals surface area contributed by atoms with Gasteiger partial charge in [0.2, 0.25) is 0 Å². The molecule has 0 spiro atoms. The fourth-order valence-electron chi connectivity index (χ4n) is 1.99. The first kappa shape index (κ1) is 14.5. The van der Waals surface area contributed by atoms with E-state index in [1.54, 1.807) is 18.2 Å². The topological polar surface area (TPSA) is 55.5 Å². The van der Waals surface area contributed by atoms with Crippen LogP contribution in [-0.4, -0.2) is 18.3 Å². The number of halogens is 1. The number of aliphatic hydroxyl groups is 1. The van der Waals surface area contributed by atoms with Gasteiger partial charge < -0.3 is 15.6 Å². The van der Waals surface area contributed by atoms with Gasteiger partial charge in [-0.2, -0.15) is 0 Å². The predicted octanol–water partition coefficient (Wildman–Crippen LogP) is 2.44. The van der Waals surface area contributed by atoms with Gasteiger partial charge >= 0.3 is 0 Å². The van der Waals surface area contributed by atoms with Crippen molar-refractivity contribution in [3.63, 3.8) is 0 Å². The van der Waals surface area contributed by atoms with Crippen LogP contribution in [-0.2, 0) is 5.54 Å². The molecule has 0 bridgehead atoms. The zero-order valence-corrected chi connectivity index (χ0v) is 11.1. The molecule has 2 rings (SSSR count). The van der Waals surface area contributed by atoms with Gasteiger partial charge in [0.25, 0.3) is 0 Å². The Hall–Kier alpha value is -1.91. The summed E-state index contributed by atoms with van der Waals surface area (Å²) < 4.78 is 18.8. The molecule has 4 heteroatoms. The minimum absolute atomic E-state index is 0.195. The van der Waals surface area contributed by atoms with Crippen LogP contribution in [0, 0.1) is 5.82 Å². The summed E-state index contributed by atoms with van der Waals surface area (Å²) in [7, 11) is 0. The van der Waals surface area contributed by atoms with E-state index < -0.39 is 11.4 Å². The average Bonchev–Trinajstić information content (AvgIpc) is 2.50. The maximum absolute atomic E-state index is 13.4. The Morgan fingerprint density at radius 3 is 2.35 bits per heavy atom. The van der Waals surface area contributed by atoms with E-state index in [4.69, 9.17) is 10.5 Å². The monoisotopic (exact) mass is 275 g/mol. The van der Waals surface area contributed by atoms with Crippen LogP contribution in [0.4, 0.5) is 4.39 Å². The molecule has 0 saturated carbocycles. The van der Waals surface area contributed by atoms with Crippen molar-refractivity contribution in [2.24, 2.45) is 5.73 Å². The Morgan fingerprint density at radius 2 is 1.70 bits per heavy atom. The second-order valence-corrected chi connectivity index (χ2v) is 4.71. The van der Waals surface area contributed by atoms with Crippen LogP contribution in [0.25, 0.3) is 0 Å². The molecule has 3 N–H and O–H groups in total. The van der Waals surface area contributed by atoms with Gasteiger partial charge in [-0.05, 0) is 17.7 Å². The molecule has 0 aliphatic carbocycles. The minimum Gasteiger partial charge on any atom is -0.490 e. The van der Waals surface area contributed by atoms with Crippen molar-refractivity contribution in [3.05, 3.63) is 66.0 Å². The Labute approximate surface area is 117 Å². The van der Waals surface area contributed by atoms with E-state index in [9.17, 15) is 9.50 Å². The van der Waals surface area contributed by atoms with E-state index >= 15 is 0 Å². The molecule has 0 fully saturated rings. The van der Waals surface area contributed by atoms with Crippen LogP contribution in [0.5, 0.6) is 5.75 Å². The molecule has 0 radical (unpaired) electrons. The molecule has 0 aromatic heterocycles. The highest BCUT2D eigenvalue weighted by Gasteiger charge is 2.26. The maximum Gasteiger partial charge on any atom is 0.165 e. The normalized spacial score (nSPS) is 13.8. The lowest BCUT2D eigenvalue weighted by Gasteiger charge is -2.27. The minimum atomic E-state index is -0.882. The van der Waals surface area contributed by atoms with Crippen molar-refractivity contribution >= 4 is 0 Å².